The molecule has 0 saturated carbocycles. The van der Waals surface area contributed by atoms with E-state index in [1.54, 1.807) is 0 Å². The molecule has 4 heteroatoms. The molecule has 0 bridgehead atoms. The summed E-state index contributed by atoms with van der Waals surface area (Å²) in [5.41, 5.74) is 1.43. The Morgan fingerprint density at radius 1 is 0.909 bits per heavy atom. The molecular weight excluding hydrogens is 427 g/mol. The van der Waals surface area contributed by atoms with Gasteiger partial charge in [-0.15, -0.1) is 0 Å². The molecule has 0 heterocycles. The summed E-state index contributed by atoms with van der Waals surface area (Å²) >= 11 is 0. The molecule has 0 saturated heterocycles. The minimum absolute atomic E-state index is 0.129. The van der Waals surface area contributed by atoms with Crippen LogP contribution in [0.5, 0.6) is 0 Å². The van der Waals surface area contributed by atoms with Crippen molar-refractivity contribution in [2.45, 2.75) is 58.1 Å². The van der Waals surface area contributed by atoms with Crippen LogP contribution in [0.4, 0.5) is 0 Å². The van der Waals surface area contributed by atoms with Crippen molar-refractivity contribution in [3.63, 3.8) is 0 Å². The van der Waals surface area contributed by atoms with E-state index in [4.69, 9.17) is 4.74 Å². The van der Waals surface area contributed by atoms with Gasteiger partial charge in [-0.3, -0.25) is 0 Å². The highest BCUT2D eigenvalue weighted by Gasteiger charge is 2.42. The molecular formula is C29H35O3P. The molecule has 0 aliphatic rings. The summed E-state index contributed by atoms with van der Waals surface area (Å²) in [7, 11) is -3.19. The first-order valence-corrected chi connectivity index (χ1v) is 13.5. The zero-order valence-corrected chi connectivity index (χ0v) is 20.7. The Balaban J connectivity index is 2.02. The summed E-state index contributed by atoms with van der Waals surface area (Å²) in [6, 6.07) is 29.3. The van der Waals surface area contributed by atoms with Gasteiger partial charge < -0.3 is 14.4 Å². The molecule has 0 spiro atoms. The molecule has 3 aromatic rings. The van der Waals surface area contributed by atoms with Crippen molar-refractivity contribution in [1.82, 2.24) is 0 Å². The van der Waals surface area contributed by atoms with Gasteiger partial charge in [0.05, 0.1) is 24.5 Å². The molecule has 1 N–H and O–H groups in total. The van der Waals surface area contributed by atoms with Gasteiger partial charge in [-0.25, -0.2) is 0 Å². The molecule has 3 rings (SSSR count). The number of hydrogen-bond acceptors (Lipinski definition) is 3. The number of allylic oxidation sites excluding steroid dienone is 1. The molecule has 33 heavy (non-hydrogen) atoms. The molecule has 3 atom stereocenters. The maximum absolute atomic E-state index is 15.1. The minimum atomic E-state index is -3.19. The van der Waals surface area contributed by atoms with Crippen LogP contribution in [-0.4, -0.2) is 23.0 Å². The van der Waals surface area contributed by atoms with E-state index >= 15 is 4.57 Å². The van der Waals surface area contributed by atoms with Gasteiger partial charge in [-0.1, -0.05) is 104 Å². The maximum atomic E-state index is 15.1. The fourth-order valence-corrected chi connectivity index (χ4v) is 7.65. The van der Waals surface area contributed by atoms with Crippen LogP contribution < -0.4 is 10.6 Å². The van der Waals surface area contributed by atoms with Crippen molar-refractivity contribution in [3.05, 3.63) is 108 Å². The van der Waals surface area contributed by atoms with E-state index in [0.29, 0.717) is 13.0 Å². The molecule has 3 nitrogen and oxygen atoms in total. The topological polar surface area (TPSA) is 46.5 Å². The van der Waals surface area contributed by atoms with Crippen molar-refractivity contribution < 1.29 is 14.4 Å². The molecule has 0 unspecified atom stereocenters. The van der Waals surface area contributed by atoms with Crippen LogP contribution in [0.15, 0.2) is 103 Å². The minimum Gasteiger partial charge on any atom is -0.388 e. The lowest BCUT2D eigenvalue weighted by atomic mass is 10.0. The van der Waals surface area contributed by atoms with E-state index < -0.39 is 18.9 Å². The van der Waals surface area contributed by atoms with Gasteiger partial charge in [-0.2, -0.15) is 0 Å². The Hall–Kier alpha value is -2.45. The first kappa shape index (κ1) is 25.2. The highest BCUT2D eigenvalue weighted by atomic mass is 31.2. The van der Waals surface area contributed by atoms with Crippen molar-refractivity contribution >= 4 is 17.8 Å². The van der Waals surface area contributed by atoms with Crippen LogP contribution in [0.2, 0.25) is 0 Å². The standard InChI is InChI=1S/C29H35O3P/c1-4-23(3)29(30)28(21-25(5-2)32-22-24-15-9-6-10-16-24)33(31,26-17-11-7-12-18-26)27-19-13-8-14-20-27/h4,6-20,25,28-30H,5,21-22H2,1-3H3/b23-4+/t25-,28-,29+/m1/s1. The van der Waals surface area contributed by atoms with Crippen LogP contribution in [0.25, 0.3) is 0 Å². The highest BCUT2D eigenvalue weighted by Crippen LogP contribution is 2.53. The number of aliphatic hydroxyl groups excluding tert-OH is 1. The van der Waals surface area contributed by atoms with E-state index in [1.807, 2.05) is 111 Å². The van der Waals surface area contributed by atoms with Crippen LogP contribution >= 0.6 is 7.14 Å². The second-order valence-electron chi connectivity index (χ2n) is 8.44. The monoisotopic (exact) mass is 462 g/mol. The number of aliphatic hydroxyl groups is 1. The first-order valence-electron chi connectivity index (χ1n) is 11.7. The van der Waals surface area contributed by atoms with Gasteiger partial charge in [0.2, 0.25) is 0 Å². The maximum Gasteiger partial charge on any atom is 0.149 e. The van der Waals surface area contributed by atoms with Crippen LogP contribution in [-0.2, 0) is 15.9 Å². The Kier molecular flexibility index (Phi) is 9.26. The number of rotatable bonds is 11. The van der Waals surface area contributed by atoms with E-state index in [9.17, 15) is 5.11 Å². The fraction of sp³-hybridized carbons (Fsp3) is 0.310. The van der Waals surface area contributed by atoms with Crippen molar-refractivity contribution in [2.75, 3.05) is 0 Å². The van der Waals surface area contributed by atoms with E-state index in [-0.39, 0.29) is 6.10 Å². The molecule has 0 aliphatic carbocycles. The Labute approximate surface area is 198 Å². The Morgan fingerprint density at radius 2 is 1.39 bits per heavy atom. The number of hydrogen-bond donors (Lipinski definition) is 1. The molecule has 0 aromatic heterocycles. The molecule has 0 fully saturated rings. The largest absolute Gasteiger partial charge is 0.388 e. The summed E-state index contributed by atoms with van der Waals surface area (Å²) in [5.74, 6) is 0. The number of ether oxygens (including phenoxy) is 1. The summed E-state index contributed by atoms with van der Waals surface area (Å²) in [4.78, 5) is 0. The Bertz CT molecular complexity index is 1000. The molecule has 3 aromatic carbocycles. The zero-order valence-electron chi connectivity index (χ0n) is 19.8. The number of benzene rings is 3. The van der Waals surface area contributed by atoms with Gasteiger partial charge >= 0.3 is 0 Å². The highest BCUT2D eigenvalue weighted by molar-refractivity contribution is 7.79. The third kappa shape index (κ3) is 6.12. The third-order valence-corrected chi connectivity index (χ3v) is 9.88. The predicted molar refractivity (Wildman–Crippen MR) is 139 cm³/mol. The lowest BCUT2D eigenvalue weighted by Gasteiger charge is -2.35. The Morgan fingerprint density at radius 3 is 1.85 bits per heavy atom. The molecule has 0 radical (unpaired) electrons. The molecule has 0 aliphatic heterocycles. The van der Waals surface area contributed by atoms with E-state index in [1.165, 1.54) is 0 Å². The first-order chi connectivity index (χ1) is 16.0. The van der Waals surface area contributed by atoms with Gasteiger partial charge in [0.15, 0.2) is 0 Å². The summed E-state index contributed by atoms with van der Waals surface area (Å²) in [5, 5.41) is 13.0. The van der Waals surface area contributed by atoms with Gasteiger partial charge in [0.25, 0.3) is 0 Å². The van der Waals surface area contributed by atoms with Crippen LogP contribution in [0, 0.1) is 0 Å². The smallest absolute Gasteiger partial charge is 0.149 e. The fourth-order valence-electron chi connectivity index (χ4n) is 4.19. The second-order valence-corrected chi connectivity index (χ2v) is 11.4. The lowest BCUT2D eigenvalue weighted by molar-refractivity contribution is 0.0253. The van der Waals surface area contributed by atoms with Crippen LogP contribution in [0.3, 0.4) is 0 Å². The average molecular weight is 463 g/mol. The average Bonchev–Trinajstić information content (AvgIpc) is 2.89. The van der Waals surface area contributed by atoms with E-state index in [0.717, 1.165) is 28.2 Å². The quantitative estimate of drug-likeness (QED) is 0.277. The molecule has 174 valence electrons. The van der Waals surface area contributed by atoms with Gasteiger partial charge in [0, 0.05) is 10.6 Å². The van der Waals surface area contributed by atoms with Crippen LogP contribution in [0.1, 0.15) is 39.2 Å². The summed E-state index contributed by atoms with van der Waals surface area (Å²) < 4.78 is 21.3. The summed E-state index contributed by atoms with van der Waals surface area (Å²) in [6.45, 7) is 6.39. The third-order valence-electron chi connectivity index (χ3n) is 6.32. The van der Waals surface area contributed by atoms with E-state index in [2.05, 4.69) is 6.92 Å². The SMILES string of the molecule is C/C=C(\C)[C@H](O)[C@@H](C[C@@H](CC)OCc1ccccc1)P(=O)(c1ccccc1)c1ccccc1. The van der Waals surface area contributed by atoms with Crippen molar-refractivity contribution in [1.29, 1.82) is 0 Å². The molecule has 0 amide bonds. The van der Waals surface area contributed by atoms with Gasteiger partial charge in [-0.05, 0) is 37.8 Å². The van der Waals surface area contributed by atoms with Gasteiger partial charge in [0.1, 0.15) is 7.14 Å². The zero-order chi connectivity index (χ0) is 23.7. The van der Waals surface area contributed by atoms with Crippen molar-refractivity contribution in [3.8, 4) is 0 Å². The second kappa shape index (κ2) is 12.1. The predicted octanol–water partition coefficient (Wildman–Crippen LogP) is 6.08. The lowest BCUT2D eigenvalue weighted by Crippen LogP contribution is -2.38. The van der Waals surface area contributed by atoms with Crippen molar-refractivity contribution in [2.24, 2.45) is 0 Å². The normalized spacial score (nSPS) is 15.1. The summed E-state index contributed by atoms with van der Waals surface area (Å²) in [6.07, 6.45) is 2.21.